The Bertz CT molecular complexity index is 187. The Morgan fingerprint density at radius 1 is 1.40 bits per heavy atom. The summed E-state index contributed by atoms with van der Waals surface area (Å²) >= 11 is 0. The van der Waals surface area contributed by atoms with Crippen LogP contribution in [0, 0.1) is 6.07 Å². The Morgan fingerprint density at radius 2 is 2.10 bits per heavy atom. The number of halogens is 3. The lowest BCUT2D eigenvalue weighted by Gasteiger charge is -2.05. The van der Waals surface area contributed by atoms with Crippen molar-refractivity contribution in [3.05, 3.63) is 24.5 Å². The lowest BCUT2D eigenvalue weighted by atomic mass is 10.6. The molecule has 0 aliphatic heterocycles. The van der Waals surface area contributed by atoms with Crippen molar-refractivity contribution in [1.82, 2.24) is 4.57 Å². The summed E-state index contributed by atoms with van der Waals surface area (Å²) in [6.45, 7) is -0.934. The van der Waals surface area contributed by atoms with Crippen molar-refractivity contribution in [2.75, 3.05) is 0 Å². The number of alkyl halides is 3. The van der Waals surface area contributed by atoms with Gasteiger partial charge in [-0.2, -0.15) is 13.2 Å². The van der Waals surface area contributed by atoms with Crippen molar-refractivity contribution in [1.29, 1.82) is 0 Å². The standard InChI is InChI=1S/C6H5F3N/c7-6(8,9)5-10-3-1-2-4-10/h1,3-4H,5H2. The van der Waals surface area contributed by atoms with E-state index in [2.05, 4.69) is 6.07 Å². The maximum Gasteiger partial charge on any atom is 0.406 e. The topological polar surface area (TPSA) is 4.93 Å². The maximum absolute atomic E-state index is 11.6. The normalized spacial score (nSPS) is 11.9. The summed E-state index contributed by atoms with van der Waals surface area (Å²) in [7, 11) is 0. The highest BCUT2D eigenvalue weighted by Crippen LogP contribution is 2.16. The van der Waals surface area contributed by atoms with Crippen molar-refractivity contribution < 1.29 is 13.2 Å². The minimum Gasteiger partial charge on any atom is -0.345 e. The highest BCUT2D eigenvalue weighted by Gasteiger charge is 2.27. The molecule has 55 valence electrons. The summed E-state index contributed by atoms with van der Waals surface area (Å²) in [5.74, 6) is 0. The van der Waals surface area contributed by atoms with E-state index < -0.39 is 12.7 Å². The van der Waals surface area contributed by atoms with E-state index in [1.807, 2.05) is 0 Å². The molecule has 0 aromatic carbocycles. The summed E-state index contributed by atoms with van der Waals surface area (Å²) in [6.07, 6.45) is -1.55. The zero-order chi connectivity index (χ0) is 7.61. The quantitative estimate of drug-likeness (QED) is 0.572. The van der Waals surface area contributed by atoms with E-state index in [0.717, 1.165) is 4.57 Å². The van der Waals surface area contributed by atoms with E-state index in [-0.39, 0.29) is 0 Å². The molecule has 0 atom stereocenters. The van der Waals surface area contributed by atoms with Crippen LogP contribution in [0.25, 0.3) is 0 Å². The van der Waals surface area contributed by atoms with Gasteiger partial charge in [0.1, 0.15) is 6.54 Å². The van der Waals surface area contributed by atoms with Gasteiger partial charge in [-0.1, -0.05) is 0 Å². The first-order valence-corrected chi connectivity index (χ1v) is 2.66. The van der Waals surface area contributed by atoms with Crippen molar-refractivity contribution in [2.45, 2.75) is 12.7 Å². The molecule has 0 spiro atoms. The average Bonchev–Trinajstić information content (AvgIpc) is 2.12. The van der Waals surface area contributed by atoms with Crippen LogP contribution in [0.1, 0.15) is 0 Å². The van der Waals surface area contributed by atoms with Gasteiger partial charge in [0.05, 0.1) is 0 Å². The Hall–Kier alpha value is -0.930. The van der Waals surface area contributed by atoms with Crippen LogP contribution in [0.4, 0.5) is 13.2 Å². The Labute approximate surface area is 56.1 Å². The number of nitrogens with zero attached hydrogens (tertiary/aromatic N) is 1. The summed E-state index contributed by atoms with van der Waals surface area (Å²) in [4.78, 5) is 0. The summed E-state index contributed by atoms with van der Waals surface area (Å²) in [6, 6.07) is 3.95. The third kappa shape index (κ3) is 2.13. The molecule has 0 aliphatic carbocycles. The van der Waals surface area contributed by atoms with E-state index in [1.165, 1.54) is 18.5 Å². The van der Waals surface area contributed by atoms with E-state index in [1.54, 1.807) is 0 Å². The molecule has 0 unspecified atom stereocenters. The van der Waals surface area contributed by atoms with Gasteiger partial charge >= 0.3 is 6.18 Å². The first-order valence-electron chi connectivity index (χ1n) is 2.66. The largest absolute Gasteiger partial charge is 0.406 e. The second kappa shape index (κ2) is 2.36. The lowest BCUT2D eigenvalue weighted by Crippen LogP contribution is -2.16. The van der Waals surface area contributed by atoms with Gasteiger partial charge in [-0.3, -0.25) is 0 Å². The SMILES string of the molecule is FC(F)(F)Cn1c[c]cc1. The molecule has 0 amide bonds. The maximum atomic E-state index is 11.6. The van der Waals surface area contributed by atoms with Gasteiger partial charge in [-0.05, 0) is 6.07 Å². The third-order valence-corrected chi connectivity index (χ3v) is 0.964. The molecule has 1 radical (unpaired) electrons. The van der Waals surface area contributed by atoms with Crippen LogP contribution in [-0.2, 0) is 6.54 Å². The Kier molecular flexibility index (Phi) is 1.70. The molecule has 10 heavy (non-hydrogen) atoms. The molecule has 1 aromatic heterocycles. The first kappa shape index (κ1) is 7.18. The number of rotatable bonds is 1. The molecular formula is C6H5F3N. The molecule has 0 saturated heterocycles. The molecule has 4 heteroatoms. The molecule has 1 heterocycles. The van der Waals surface area contributed by atoms with E-state index in [0.29, 0.717) is 0 Å². The molecule has 0 fully saturated rings. The Morgan fingerprint density at radius 3 is 2.50 bits per heavy atom. The fourth-order valence-electron chi connectivity index (χ4n) is 0.626. The fraction of sp³-hybridized carbons (Fsp3) is 0.333. The molecule has 1 aromatic rings. The van der Waals surface area contributed by atoms with Gasteiger partial charge in [0, 0.05) is 18.5 Å². The molecule has 0 saturated carbocycles. The van der Waals surface area contributed by atoms with Gasteiger partial charge in [0.25, 0.3) is 0 Å². The zero-order valence-corrected chi connectivity index (χ0v) is 5.02. The van der Waals surface area contributed by atoms with Crippen molar-refractivity contribution in [2.24, 2.45) is 0 Å². The monoisotopic (exact) mass is 148 g/mol. The van der Waals surface area contributed by atoms with E-state index in [4.69, 9.17) is 0 Å². The minimum absolute atomic E-state index is 0.934. The van der Waals surface area contributed by atoms with Gasteiger partial charge in [-0.25, -0.2) is 0 Å². The van der Waals surface area contributed by atoms with Crippen LogP contribution in [-0.4, -0.2) is 10.7 Å². The minimum atomic E-state index is -4.13. The van der Waals surface area contributed by atoms with Crippen LogP contribution >= 0.6 is 0 Å². The van der Waals surface area contributed by atoms with E-state index in [9.17, 15) is 13.2 Å². The number of hydrogen-bond donors (Lipinski definition) is 0. The highest BCUT2D eigenvalue weighted by atomic mass is 19.4. The molecule has 0 bridgehead atoms. The third-order valence-electron chi connectivity index (χ3n) is 0.964. The van der Waals surface area contributed by atoms with Crippen LogP contribution in [0.3, 0.4) is 0 Å². The predicted molar refractivity (Wildman–Crippen MR) is 29.3 cm³/mol. The average molecular weight is 148 g/mol. The molecule has 0 N–H and O–H groups in total. The highest BCUT2D eigenvalue weighted by molar-refractivity contribution is 4.88. The van der Waals surface area contributed by atoms with Gasteiger partial charge in [0.15, 0.2) is 0 Å². The van der Waals surface area contributed by atoms with Crippen LogP contribution in [0.2, 0.25) is 0 Å². The number of hydrogen-bond acceptors (Lipinski definition) is 0. The summed E-state index contributed by atoms with van der Waals surface area (Å²) < 4.78 is 35.8. The van der Waals surface area contributed by atoms with Crippen LogP contribution < -0.4 is 0 Å². The predicted octanol–water partition coefficient (Wildman–Crippen LogP) is 1.85. The lowest BCUT2D eigenvalue weighted by molar-refractivity contribution is -0.140. The van der Waals surface area contributed by atoms with Crippen LogP contribution in [0.15, 0.2) is 18.5 Å². The second-order valence-electron chi connectivity index (χ2n) is 1.90. The first-order chi connectivity index (χ1) is 4.58. The fourth-order valence-corrected chi connectivity index (χ4v) is 0.626. The van der Waals surface area contributed by atoms with Crippen molar-refractivity contribution in [3.63, 3.8) is 0 Å². The summed E-state index contributed by atoms with van der Waals surface area (Å²) in [5.41, 5.74) is 0. The molecular weight excluding hydrogens is 143 g/mol. The van der Waals surface area contributed by atoms with Crippen molar-refractivity contribution >= 4 is 0 Å². The van der Waals surface area contributed by atoms with E-state index >= 15 is 0 Å². The number of aromatic nitrogens is 1. The smallest absolute Gasteiger partial charge is 0.345 e. The molecule has 1 nitrogen and oxygen atoms in total. The zero-order valence-electron chi connectivity index (χ0n) is 5.02. The molecule has 1 rings (SSSR count). The second-order valence-corrected chi connectivity index (χ2v) is 1.90. The van der Waals surface area contributed by atoms with Crippen LogP contribution in [0.5, 0.6) is 0 Å². The summed E-state index contributed by atoms with van der Waals surface area (Å²) in [5, 5.41) is 0. The molecule has 0 aliphatic rings. The van der Waals surface area contributed by atoms with Gasteiger partial charge < -0.3 is 4.57 Å². The van der Waals surface area contributed by atoms with Crippen molar-refractivity contribution in [3.8, 4) is 0 Å². The van der Waals surface area contributed by atoms with Gasteiger partial charge in [-0.15, -0.1) is 0 Å². The Balaban J connectivity index is 2.57. The van der Waals surface area contributed by atoms with Gasteiger partial charge in [0.2, 0.25) is 0 Å².